The van der Waals surface area contributed by atoms with Crippen molar-refractivity contribution in [2.24, 2.45) is 0 Å². The van der Waals surface area contributed by atoms with Gasteiger partial charge in [0, 0.05) is 21.2 Å². The highest BCUT2D eigenvalue weighted by Gasteiger charge is 2.43. The minimum atomic E-state index is -0.162. The smallest absolute Gasteiger partial charge is 0.263 e. The predicted octanol–water partition coefficient (Wildman–Crippen LogP) is 7.72. The second kappa shape index (κ2) is 10.1. The van der Waals surface area contributed by atoms with Crippen molar-refractivity contribution in [3.05, 3.63) is 104 Å². The maximum Gasteiger partial charge on any atom is 0.263 e. The molecule has 0 N–H and O–H groups in total. The number of rotatable bonds is 5. The van der Waals surface area contributed by atoms with Gasteiger partial charge in [0.15, 0.2) is 5.16 Å². The van der Waals surface area contributed by atoms with Crippen LogP contribution >= 0.6 is 27.7 Å². The molecule has 6 rings (SSSR count). The lowest BCUT2D eigenvalue weighted by atomic mass is 9.62. The third kappa shape index (κ3) is 4.44. The Labute approximate surface area is 230 Å². The highest BCUT2D eigenvalue weighted by atomic mass is 79.9. The van der Waals surface area contributed by atoms with Crippen LogP contribution in [0.2, 0.25) is 0 Å². The Morgan fingerprint density at radius 2 is 1.70 bits per heavy atom. The summed E-state index contributed by atoms with van der Waals surface area (Å²) in [6.07, 6.45) is 6.50. The first-order valence-electron chi connectivity index (χ1n) is 12.9. The van der Waals surface area contributed by atoms with E-state index in [1.165, 1.54) is 17.5 Å². The first-order chi connectivity index (χ1) is 18.1. The predicted molar refractivity (Wildman–Crippen MR) is 154 cm³/mol. The number of nitrogens with zero attached hydrogens (tertiary/aromatic N) is 2. The first kappa shape index (κ1) is 24.5. The van der Waals surface area contributed by atoms with E-state index >= 15 is 0 Å². The summed E-state index contributed by atoms with van der Waals surface area (Å²) in [4.78, 5) is 20.0. The zero-order chi connectivity index (χ0) is 25.4. The average Bonchev–Trinajstić information content (AvgIpc) is 2.93. The number of hydrogen-bond donors (Lipinski definition) is 0. The monoisotopic (exact) mass is 572 g/mol. The van der Waals surface area contributed by atoms with Crippen molar-refractivity contribution in [2.45, 2.75) is 54.8 Å². The highest BCUT2D eigenvalue weighted by molar-refractivity contribution is 9.10. The maximum atomic E-state index is 14.7. The molecule has 0 amide bonds. The molecule has 1 spiro atoms. The summed E-state index contributed by atoms with van der Waals surface area (Å²) >= 11 is 5.12. The number of hydrogen-bond acceptors (Lipinski definition) is 4. The number of para-hydroxylation sites is 2. The Morgan fingerprint density at radius 3 is 2.49 bits per heavy atom. The van der Waals surface area contributed by atoms with Gasteiger partial charge in [0.2, 0.25) is 0 Å². The number of aromatic nitrogens is 2. The summed E-state index contributed by atoms with van der Waals surface area (Å²) in [5, 5.41) is 0.693. The minimum absolute atomic E-state index is 0.0456. The van der Waals surface area contributed by atoms with Crippen molar-refractivity contribution in [1.82, 2.24) is 9.55 Å². The normalized spacial score (nSPS) is 15.7. The van der Waals surface area contributed by atoms with Gasteiger partial charge in [-0.1, -0.05) is 95.5 Å². The van der Waals surface area contributed by atoms with Crippen LogP contribution in [0.4, 0.5) is 0 Å². The summed E-state index contributed by atoms with van der Waals surface area (Å²) in [6, 6.07) is 24.6. The lowest BCUT2D eigenvalue weighted by molar-refractivity contribution is 0.283. The second-order valence-electron chi connectivity index (χ2n) is 10.0. The molecule has 0 aliphatic heterocycles. The van der Waals surface area contributed by atoms with Gasteiger partial charge in [0.05, 0.1) is 24.1 Å². The van der Waals surface area contributed by atoms with Gasteiger partial charge in [-0.2, -0.15) is 0 Å². The topological polar surface area (TPSA) is 44.1 Å². The molecule has 6 heteroatoms. The van der Waals surface area contributed by atoms with E-state index in [9.17, 15) is 4.79 Å². The fourth-order valence-electron chi connectivity index (χ4n) is 6.04. The van der Waals surface area contributed by atoms with E-state index in [1.807, 2.05) is 41.0 Å². The van der Waals surface area contributed by atoms with E-state index in [4.69, 9.17) is 9.72 Å². The molecule has 4 nitrogen and oxygen atoms in total. The Balaban J connectivity index is 1.59. The average molecular weight is 574 g/mol. The molecular weight excluding hydrogens is 544 g/mol. The SMILES string of the molecule is COc1ccccc1-n1c(SCc2ccc(Br)cc2)nc2c(c1=O)C1(CCCCC1)Cc1ccccc1-2. The molecule has 0 radical (unpaired) electrons. The van der Waals surface area contributed by atoms with E-state index in [0.29, 0.717) is 16.7 Å². The molecule has 3 aromatic carbocycles. The fourth-order valence-corrected chi connectivity index (χ4v) is 7.26. The Morgan fingerprint density at radius 1 is 0.973 bits per heavy atom. The van der Waals surface area contributed by atoms with Crippen LogP contribution in [0.25, 0.3) is 16.9 Å². The summed E-state index contributed by atoms with van der Waals surface area (Å²) in [5.41, 5.74) is 5.98. The Bertz CT molecular complexity index is 1510. The molecule has 0 atom stereocenters. The van der Waals surface area contributed by atoms with Crippen molar-refractivity contribution in [1.29, 1.82) is 0 Å². The largest absolute Gasteiger partial charge is 0.495 e. The second-order valence-corrected chi connectivity index (χ2v) is 11.9. The van der Waals surface area contributed by atoms with Gasteiger partial charge in [-0.05, 0) is 54.7 Å². The molecule has 1 aromatic heterocycles. The first-order valence-corrected chi connectivity index (χ1v) is 14.6. The van der Waals surface area contributed by atoms with Crippen LogP contribution in [0.1, 0.15) is 48.8 Å². The quantitative estimate of drug-likeness (QED) is 0.181. The lowest BCUT2D eigenvalue weighted by Gasteiger charge is -2.42. The van der Waals surface area contributed by atoms with Crippen molar-refractivity contribution >= 4 is 27.7 Å². The van der Waals surface area contributed by atoms with Gasteiger partial charge in [-0.15, -0.1) is 0 Å². The van der Waals surface area contributed by atoms with Gasteiger partial charge in [-0.3, -0.25) is 9.36 Å². The van der Waals surface area contributed by atoms with Crippen molar-refractivity contribution in [2.75, 3.05) is 7.11 Å². The van der Waals surface area contributed by atoms with Crippen LogP contribution in [0, 0.1) is 0 Å². The molecule has 1 fully saturated rings. The minimum Gasteiger partial charge on any atom is -0.495 e. The summed E-state index contributed by atoms with van der Waals surface area (Å²) in [7, 11) is 1.66. The molecule has 1 heterocycles. The number of ether oxygens (including phenoxy) is 1. The molecule has 4 aromatic rings. The third-order valence-corrected chi connectivity index (χ3v) is 9.34. The van der Waals surface area contributed by atoms with Crippen LogP contribution in [0.5, 0.6) is 5.75 Å². The molecule has 2 aliphatic rings. The van der Waals surface area contributed by atoms with Gasteiger partial charge in [0.25, 0.3) is 5.56 Å². The van der Waals surface area contributed by atoms with Crippen LogP contribution in [0.3, 0.4) is 0 Å². The lowest BCUT2D eigenvalue weighted by Crippen LogP contribution is -2.43. The van der Waals surface area contributed by atoms with Crippen molar-refractivity contribution in [3.8, 4) is 22.7 Å². The maximum absolute atomic E-state index is 14.7. The molecular formula is C31H29BrN2O2S. The van der Waals surface area contributed by atoms with Crippen LogP contribution < -0.4 is 10.3 Å². The molecule has 1 saturated carbocycles. The third-order valence-electron chi connectivity index (χ3n) is 7.80. The molecule has 188 valence electrons. The fraction of sp³-hybridized carbons (Fsp3) is 0.290. The van der Waals surface area contributed by atoms with Gasteiger partial charge in [-0.25, -0.2) is 4.98 Å². The number of thioether (sulfide) groups is 1. The molecule has 0 bridgehead atoms. The standard InChI is InChI=1S/C31H29BrN2O2S/c1-36-26-12-6-5-11-25(26)34-29(35)27-28(33-30(34)37-20-21-13-15-23(32)16-14-21)24-10-4-3-9-22(24)19-31(27)17-7-2-8-18-31/h3-6,9-16H,2,7-8,17-20H2,1H3. The summed E-state index contributed by atoms with van der Waals surface area (Å²) in [6.45, 7) is 0. The van der Waals surface area contributed by atoms with E-state index in [-0.39, 0.29) is 11.0 Å². The van der Waals surface area contributed by atoms with Crippen molar-refractivity contribution < 1.29 is 4.74 Å². The van der Waals surface area contributed by atoms with E-state index in [1.54, 1.807) is 18.9 Å². The van der Waals surface area contributed by atoms with Gasteiger partial charge < -0.3 is 4.74 Å². The van der Waals surface area contributed by atoms with E-state index < -0.39 is 0 Å². The zero-order valence-corrected chi connectivity index (χ0v) is 23.3. The molecule has 0 unspecified atom stereocenters. The zero-order valence-electron chi connectivity index (χ0n) is 20.9. The Kier molecular flexibility index (Phi) is 6.72. The summed E-state index contributed by atoms with van der Waals surface area (Å²) in [5.74, 6) is 1.38. The summed E-state index contributed by atoms with van der Waals surface area (Å²) < 4.78 is 8.58. The molecule has 37 heavy (non-hydrogen) atoms. The number of halogens is 1. The van der Waals surface area contributed by atoms with E-state index in [2.05, 4.69) is 52.3 Å². The van der Waals surface area contributed by atoms with Crippen LogP contribution in [-0.4, -0.2) is 16.7 Å². The van der Waals surface area contributed by atoms with Crippen LogP contribution in [0.15, 0.2) is 87.2 Å². The highest BCUT2D eigenvalue weighted by Crippen LogP contribution is 2.49. The number of benzene rings is 3. The molecule has 0 saturated heterocycles. The van der Waals surface area contributed by atoms with E-state index in [0.717, 1.165) is 59.1 Å². The Hall–Kier alpha value is -2.83. The molecule has 2 aliphatic carbocycles. The van der Waals surface area contributed by atoms with Crippen LogP contribution in [-0.2, 0) is 17.6 Å². The number of methoxy groups -OCH3 is 1. The van der Waals surface area contributed by atoms with Gasteiger partial charge in [0.1, 0.15) is 5.75 Å². The van der Waals surface area contributed by atoms with Gasteiger partial charge >= 0.3 is 0 Å². The van der Waals surface area contributed by atoms with Crippen molar-refractivity contribution in [3.63, 3.8) is 0 Å². The number of fused-ring (bicyclic) bond motifs is 4.